The molecule has 4 rings (SSSR count). The molecule has 12 heteroatoms. The van der Waals surface area contributed by atoms with Crippen molar-refractivity contribution in [3.05, 3.63) is 93.3 Å². The van der Waals surface area contributed by atoms with E-state index in [1.165, 1.54) is 0 Å². The summed E-state index contributed by atoms with van der Waals surface area (Å²) in [6.07, 6.45) is -0.756. The van der Waals surface area contributed by atoms with Crippen LogP contribution >= 0.6 is 0 Å². The highest BCUT2D eigenvalue weighted by molar-refractivity contribution is 5.96. The van der Waals surface area contributed by atoms with Gasteiger partial charge in [0.2, 0.25) is 5.91 Å². The van der Waals surface area contributed by atoms with Gasteiger partial charge in [0.1, 0.15) is 6.04 Å². The molecular formula is C35H40F3N5O4. The number of rotatable bonds is 12. The number of halogens is 3. The minimum Gasteiger partial charge on any atom is -0.481 e. The van der Waals surface area contributed by atoms with Crippen molar-refractivity contribution in [1.82, 2.24) is 24.8 Å². The normalized spacial score (nSPS) is 13.3. The molecule has 0 aliphatic heterocycles. The van der Waals surface area contributed by atoms with Gasteiger partial charge in [0, 0.05) is 42.2 Å². The van der Waals surface area contributed by atoms with Gasteiger partial charge in [0.25, 0.3) is 5.56 Å². The summed E-state index contributed by atoms with van der Waals surface area (Å²) in [7, 11) is 3.45. The first kappa shape index (κ1) is 35.3. The van der Waals surface area contributed by atoms with Gasteiger partial charge in [-0.2, -0.15) is 13.2 Å². The fourth-order valence-electron chi connectivity index (χ4n) is 5.77. The molecule has 0 unspecified atom stereocenters. The van der Waals surface area contributed by atoms with Crippen LogP contribution in [0.15, 0.2) is 59.8 Å². The maximum Gasteiger partial charge on any atom is 0.416 e. The van der Waals surface area contributed by atoms with Crippen LogP contribution in [0.5, 0.6) is 0 Å². The standard InChI is InChI=1S/C35H40F3N5O4/c1-20(2)14-29(43-19-24(11-13-42(5)6)26(16-30(43)44)35(36,37)38)34(47)41-28(17-31(45)46)27-15-23-10-12-39-18-25(23)33(40-27)32-21(3)8-7-9-22(32)4/h7-10,12,15-16,18-20,28-29H,11,13-14,17H2,1-6H3,(H,41,47)(H,45,46)/t28-,29-/m1/s1. The molecule has 0 saturated carbocycles. The summed E-state index contributed by atoms with van der Waals surface area (Å²) in [5, 5.41) is 14.2. The van der Waals surface area contributed by atoms with Crippen molar-refractivity contribution in [1.29, 1.82) is 0 Å². The number of benzene rings is 1. The van der Waals surface area contributed by atoms with Crippen molar-refractivity contribution in [2.45, 2.75) is 65.2 Å². The van der Waals surface area contributed by atoms with Gasteiger partial charge in [-0.05, 0) is 80.9 Å². The average Bonchev–Trinajstić information content (AvgIpc) is 2.97. The van der Waals surface area contributed by atoms with Gasteiger partial charge < -0.3 is 19.9 Å². The number of carbonyl (C=O) groups is 2. The van der Waals surface area contributed by atoms with Crippen molar-refractivity contribution in [2.24, 2.45) is 5.92 Å². The number of alkyl halides is 3. The van der Waals surface area contributed by atoms with Crippen LogP contribution in [0.4, 0.5) is 13.2 Å². The molecule has 2 N–H and O–H groups in total. The Morgan fingerprint density at radius 3 is 2.36 bits per heavy atom. The van der Waals surface area contributed by atoms with Crippen LogP contribution in [0.25, 0.3) is 22.0 Å². The smallest absolute Gasteiger partial charge is 0.416 e. The van der Waals surface area contributed by atoms with Gasteiger partial charge in [-0.25, -0.2) is 4.98 Å². The molecule has 250 valence electrons. The second-order valence-electron chi connectivity index (χ2n) is 12.6. The predicted molar refractivity (Wildman–Crippen MR) is 174 cm³/mol. The van der Waals surface area contributed by atoms with Gasteiger partial charge in [0.05, 0.1) is 29.4 Å². The molecule has 47 heavy (non-hydrogen) atoms. The van der Waals surface area contributed by atoms with E-state index in [-0.39, 0.29) is 36.6 Å². The molecule has 4 aromatic rings. The molecule has 1 amide bonds. The highest BCUT2D eigenvalue weighted by atomic mass is 19.4. The highest BCUT2D eigenvalue weighted by Crippen LogP contribution is 2.35. The summed E-state index contributed by atoms with van der Waals surface area (Å²) in [5.41, 5.74) is 1.48. The lowest BCUT2D eigenvalue weighted by molar-refractivity contribution is -0.139. The van der Waals surface area contributed by atoms with Crippen LogP contribution in [-0.4, -0.2) is 57.1 Å². The summed E-state index contributed by atoms with van der Waals surface area (Å²) in [5.74, 6) is -2.03. The first-order chi connectivity index (χ1) is 22.1. The Morgan fingerprint density at radius 2 is 1.77 bits per heavy atom. The van der Waals surface area contributed by atoms with E-state index in [2.05, 4.69) is 10.3 Å². The minimum absolute atomic E-state index is 0.00323. The SMILES string of the molecule is Cc1cccc(C)c1-c1nc([C@@H](CC(=O)O)NC(=O)[C@@H](CC(C)C)n2cc(CCN(C)C)c(C(F)(F)F)cc2=O)cc2ccncc12. The van der Waals surface area contributed by atoms with E-state index < -0.39 is 47.7 Å². The third-order valence-electron chi connectivity index (χ3n) is 8.05. The Kier molecular flexibility index (Phi) is 10.9. The number of hydrogen-bond donors (Lipinski definition) is 2. The molecule has 0 aliphatic rings. The van der Waals surface area contributed by atoms with Crippen molar-refractivity contribution >= 4 is 22.6 Å². The van der Waals surface area contributed by atoms with Gasteiger partial charge in [-0.3, -0.25) is 19.4 Å². The van der Waals surface area contributed by atoms with Crippen LogP contribution < -0.4 is 10.9 Å². The zero-order chi connectivity index (χ0) is 34.6. The lowest BCUT2D eigenvalue weighted by Crippen LogP contribution is -2.41. The first-order valence-electron chi connectivity index (χ1n) is 15.4. The topological polar surface area (TPSA) is 117 Å². The predicted octanol–water partition coefficient (Wildman–Crippen LogP) is 6.12. The van der Waals surface area contributed by atoms with Crippen LogP contribution in [0.3, 0.4) is 0 Å². The molecule has 0 aliphatic carbocycles. The zero-order valence-corrected chi connectivity index (χ0v) is 27.4. The third-order valence-corrected chi connectivity index (χ3v) is 8.05. The lowest BCUT2D eigenvalue weighted by atomic mass is 9.95. The van der Waals surface area contributed by atoms with Crippen LogP contribution in [0.1, 0.15) is 66.7 Å². The molecule has 0 spiro atoms. The molecule has 3 aromatic heterocycles. The molecule has 0 fully saturated rings. The number of nitrogens with zero attached hydrogens (tertiary/aromatic N) is 4. The third kappa shape index (κ3) is 8.42. The number of amides is 1. The summed E-state index contributed by atoms with van der Waals surface area (Å²) < 4.78 is 42.9. The van der Waals surface area contributed by atoms with Crippen LogP contribution in [0, 0.1) is 19.8 Å². The van der Waals surface area contributed by atoms with E-state index in [0.717, 1.165) is 38.2 Å². The fourth-order valence-corrected chi connectivity index (χ4v) is 5.77. The second kappa shape index (κ2) is 14.5. The molecule has 3 heterocycles. The van der Waals surface area contributed by atoms with E-state index in [1.807, 2.05) is 45.9 Å². The Hall–Kier alpha value is -4.58. The molecule has 0 bridgehead atoms. The number of hydrogen-bond acceptors (Lipinski definition) is 6. The number of aromatic nitrogens is 3. The number of aliphatic carboxylic acids is 1. The number of carbonyl (C=O) groups excluding carboxylic acids is 1. The molecular weight excluding hydrogens is 611 g/mol. The van der Waals surface area contributed by atoms with Gasteiger partial charge >= 0.3 is 12.1 Å². The quantitative estimate of drug-likeness (QED) is 0.190. The number of nitrogens with one attached hydrogen (secondary N) is 1. The monoisotopic (exact) mass is 651 g/mol. The second-order valence-corrected chi connectivity index (χ2v) is 12.6. The van der Waals surface area contributed by atoms with Gasteiger partial charge in [-0.15, -0.1) is 0 Å². The maximum absolute atomic E-state index is 14.1. The maximum atomic E-state index is 14.1. The number of aryl methyl sites for hydroxylation is 2. The van der Waals surface area contributed by atoms with Crippen molar-refractivity contribution in [3.8, 4) is 11.3 Å². The van der Waals surface area contributed by atoms with E-state index in [4.69, 9.17) is 4.98 Å². The van der Waals surface area contributed by atoms with Crippen LogP contribution in [-0.2, 0) is 22.2 Å². The van der Waals surface area contributed by atoms with E-state index in [1.54, 1.807) is 43.5 Å². The number of carboxylic acid groups (broad SMARTS) is 1. The van der Waals surface area contributed by atoms with Gasteiger partial charge in [0.15, 0.2) is 0 Å². The van der Waals surface area contributed by atoms with Crippen molar-refractivity contribution in [3.63, 3.8) is 0 Å². The highest BCUT2D eigenvalue weighted by Gasteiger charge is 2.36. The lowest BCUT2D eigenvalue weighted by Gasteiger charge is -2.26. The van der Waals surface area contributed by atoms with Gasteiger partial charge in [-0.1, -0.05) is 32.0 Å². The van der Waals surface area contributed by atoms with Crippen molar-refractivity contribution in [2.75, 3.05) is 20.6 Å². The Balaban J connectivity index is 1.83. The Bertz CT molecular complexity index is 1810. The fraction of sp³-hybridized carbons (Fsp3) is 0.400. The minimum atomic E-state index is -4.76. The molecule has 1 aromatic carbocycles. The number of carboxylic acids is 1. The zero-order valence-electron chi connectivity index (χ0n) is 27.4. The summed E-state index contributed by atoms with van der Waals surface area (Å²) in [4.78, 5) is 50.2. The Morgan fingerprint density at radius 1 is 1.09 bits per heavy atom. The molecule has 2 atom stereocenters. The van der Waals surface area contributed by atoms with E-state index in [0.29, 0.717) is 11.8 Å². The molecule has 0 radical (unpaired) electrons. The Labute approximate surface area is 271 Å². The summed E-state index contributed by atoms with van der Waals surface area (Å²) in [6.45, 7) is 7.83. The van der Waals surface area contributed by atoms with E-state index in [9.17, 15) is 32.7 Å². The number of fused-ring (bicyclic) bond motifs is 1. The summed E-state index contributed by atoms with van der Waals surface area (Å²) in [6, 6.07) is 7.50. The summed E-state index contributed by atoms with van der Waals surface area (Å²) >= 11 is 0. The number of pyridine rings is 3. The molecule has 0 saturated heterocycles. The number of likely N-dealkylation sites (N-methyl/N-ethyl adjacent to an activating group) is 1. The molecule has 9 nitrogen and oxygen atoms in total. The van der Waals surface area contributed by atoms with E-state index >= 15 is 0 Å². The average molecular weight is 652 g/mol. The van der Waals surface area contributed by atoms with Crippen molar-refractivity contribution < 1.29 is 27.9 Å². The first-order valence-corrected chi connectivity index (χ1v) is 15.4. The van der Waals surface area contributed by atoms with Crippen LogP contribution in [0.2, 0.25) is 0 Å². The largest absolute Gasteiger partial charge is 0.481 e.